The van der Waals surface area contributed by atoms with Crippen LogP contribution in [0.1, 0.15) is 25.3 Å². The third-order valence-electron chi connectivity index (χ3n) is 6.80. The van der Waals surface area contributed by atoms with Gasteiger partial charge in [-0.2, -0.15) is 8.42 Å². The summed E-state index contributed by atoms with van der Waals surface area (Å²) in [5.41, 5.74) is 2.10. The van der Waals surface area contributed by atoms with E-state index in [0.717, 1.165) is 49.2 Å². The number of carbonyl (C=O) groups is 2. The Morgan fingerprint density at radius 2 is 1.70 bits per heavy atom. The molecule has 0 aliphatic carbocycles. The zero-order valence-corrected chi connectivity index (χ0v) is 27.4. The van der Waals surface area contributed by atoms with Crippen LogP contribution in [0.5, 0.6) is 0 Å². The molecule has 5 rings (SSSR count). The molecule has 1 fully saturated rings. The highest BCUT2D eigenvalue weighted by atomic mass is 32.2. The number of thioether (sulfide) groups is 2. The van der Waals surface area contributed by atoms with Gasteiger partial charge in [0.15, 0.2) is 0 Å². The maximum atomic E-state index is 14.0. The van der Waals surface area contributed by atoms with Gasteiger partial charge in [-0.05, 0) is 43.5 Å². The lowest BCUT2D eigenvalue weighted by Gasteiger charge is -2.21. The summed E-state index contributed by atoms with van der Waals surface area (Å²) < 4.78 is 34.2. The first-order valence-corrected chi connectivity index (χ1v) is 18.0. The fourth-order valence-corrected chi connectivity index (χ4v) is 9.16. The molecule has 3 heterocycles. The van der Waals surface area contributed by atoms with Crippen molar-refractivity contribution in [2.75, 3.05) is 23.7 Å². The van der Waals surface area contributed by atoms with E-state index in [2.05, 4.69) is 4.90 Å². The Bertz CT molecular complexity index is 1970. The summed E-state index contributed by atoms with van der Waals surface area (Å²) in [6.45, 7) is 2.01. The van der Waals surface area contributed by atoms with Gasteiger partial charge in [0.1, 0.15) is 25.0 Å². The van der Waals surface area contributed by atoms with Crippen LogP contribution < -0.4 is 19.7 Å². The zero-order chi connectivity index (χ0) is 31.6. The summed E-state index contributed by atoms with van der Waals surface area (Å²) in [6, 6.07) is 17.3. The summed E-state index contributed by atoms with van der Waals surface area (Å²) in [7, 11) is -4.06. The Kier molecular flexibility index (Phi) is 9.82. The lowest BCUT2D eigenvalue weighted by atomic mass is 10.1. The van der Waals surface area contributed by atoms with E-state index in [1.54, 1.807) is 6.92 Å². The number of carboxylic acid groups (broad SMARTS) is 1. The molecule has 1 saturated heterocycles. The predicted molar refractivity (Wildman–Crippen MR) is 179 cm³/mol. The molecule has 0 saturated carbocycles. The van der Waals surface area contributed by atoms with Gasteiger partial charge in [0, 0.05) is 23.6 Å². The first-order valence-electron chi connectivity index (χ1n) is 13.5. The number of benzene rings is 2. The molecular weight excluding hydrogens is 663 g/mol. The number of aliphatic carboxylic acids is 1. The number of unbranched alkanes of at least 4 members (excludes halogenated alkanes) is 1. The summed E-state index contributed by atoms with van der Waals surface area (Å²) in [5, 5.41) is 10.1. The molecule has 2 aliphatic heterocycles. The third kappa shape index (κ3) is 6.87. The van der Waals surface area contributed by atoms with Crippen molar-refractivity contribution < 1.29 is 27.7 Å². The van der Waals surface area contributed by atoms with Crippen molar-refractivity contribution in [3.63, 3.8) is 0 Å². The number of para-hydroxylation sites is 1. The molecule has 2 aliphatic rings. The normalized spacial score (nSPS) is 17.9. The van der Waals surface area contributed by atoms with E-state index in [1.165, 1.54) is 16.3 Å². The lowest BCUT2D eigenvalue weighted by Crippen LogP contribution is -2.35. The van der Waals surface area contributed by atoms with Crippen LogP contribution in [0.15, 0.2) is 75.4 Å². The van der Waals surface area contributed by atoms with E-state index in [1.807, 2.05) is 60.7 Å². The molecule has 10 nitrogen and oxygen atoms in total. The van der Waals surface area contributed by atoms with Gasteiger partial charge < -0.3 is 10.0 Å². The third-order valence-corrected chi connectivity index (χ3v) is 11.5. The SMILES string of the molecule is CCn1c(=C2SC(=S)N(CC(=O)O)C2=O)sc(=C(C=C2Sc3ccccc3N2CCCCS(=O)(=O)O)c2ccccc2)c1=O. The summed E-state index contributed by atoms with van der Waals surface area (Å²) in [4.78, 5) is 42.9. The highest BCUT2D eigenvalue weighted by Gasteiger charge is 2.35. The number of nitrogens with zero attached hydrogens (tertiary/aromatic N) is 3. The molecule has 0 spiro atoms. The fraction of sp³-hybridized carbons (Fsp3) is 0.241. The number of amides is 1. The van der Waals surface area contributed by atoms with E-state index in [4.69, 9.17) is 12.2 Å². The summed E-state index contributed by atoms with van der Waals surface area (Å²) in [5.74, 6) is -2.06. The van der Waals surface area contributed by atoms with Gasteiger partial charge in [0.05, 0.1) is 16.5 Å². The van der Waals surface area contributed by atoms with Crippen molar-refractivity contribution in [3.05, 3.63) is 90.8 Å². The molecule has 0 unspecified atom stereocenters. The molecule has 0 bridgehead atoms. The van der Waals surface area contributed by atoms with E-state index < -0.39 is 28.5 Å². The first-order chi connectivity index (χ1) is 21.0. The quantitative estimate of drug-likeness (QED) is 0.184. The Hall–Kier alpha value is -3.21. The number of hydrogen-bond donors (Lipinski definition) is 2. The van der Waals surface area contributed by atoms with Gasteiger partial charge in [0.25, 0.3) is 21.6 Å². The van der Waals surface area contributed by atoms with Gasteiger partial charge in [-0.15, -0.1) is 11.3 Å². The summed E-state index contributed by atoms with van der Waals surface area (Å²) >= 11 is 8.98. The Labute approximate surface area is 271 Å². The zero-order valence-electron chi connectivity index (χ0n) is 23.3. The van der Waals surface area contributed by atoms with Gasteiger partial charge in [-0.1, -0.05) is 78.2 Å². The van der Waals surface area contributed by atoms with Gasteiger partial charge in [-0.3, -0.25) is 28.4 Å². The second-order valence-electron chi connectivity index (χ2n) is 9.74. The Balaban J connectivity index is 1.68. The van der Waals surface area contributed by atoms with Gasteiger partial charge in [-0.25, -0.2) is 0 Å². The van der Waals surface area contributed by atoms with Crippen molar-refractivity contribution in [1.29, 1.82) is 0 Å². The number of thiazole rings is 1. The van der Waals surface area contributed by atoms with Crippen LogP contribution in [-0.2, 0) is 26.3 Å². The second-order valence-corrected chi connectivity index (χ2v) is 15.0. The number of fused-ring (bicyclic) bond motifs is 1. The van der Waals surface area contributed by atoms with Gasteiger partial charge in [0.2, 0.25) is 0 Å². The minimum Gasteiger partial charge on any atom is -0.480 e. The van der Waals surface area contributed by atoms with Crippen molar-refractivity contribution in [2.45, 2.75) is 31.2 Å². The molecular formula is C29H27N3O7S5. The number of allylic oxidation sites excluding steroid dienone is 1. The smallest absolute Gasteiger partial charge is 0.323 e. The Morgan fingerprint density at radius 1 is 1.00 bits per heavy atom. The van der Waals surface area contributed by atoms with Crippen molar-refractivity contribution in [1.82, 2.24) is 9.47 Å². The minimum atomic E-state index is -4.06. The van der Waals surface area contributed by atoms with Gasteiger partial charge >= 0.3 is 5.97 Å². The van der Waals surface area contributed by atoms with Crippen molar-refractivity contribution in [2.24, 2.45) is 0 Å². The molecule has 1 amide bonds. The maximum absolute atomic E-state index is 14.0. The molecule has 0 atom stereocenters. The summed E-state index contributed by atoms with van der Waals surface area (Å²) in [6.07, 6.45) is 2.73. The lowest BCUT2D eigenvalue weighted by molar-refractivity contribution is -0.140. The number of aromatic nitrogens is 1. The number of carboxylic acids is 1. The largest absolute Gasteiger partial charge is 0.480 e. The van der Waals surface area contributed by atoms with Crippen LogP contribution in [0.2, 0.25) is 0 Å². The molecule has 3 aromatic rings. The minimum absolute atomic E-state index is 0.122. The second kappa shape index (κ2) is 13.4. The standard InChI is InChI=1S/C29H27N3O7S5/c1-2-30-26(35)24(42-28(30)25-27(36)32(17-23(33)34)29(40)43-25)19(18-10-4-3-5-11-18)16-22-31(14-8-9-15-44(37,38)39)20-12-6-7-13-21(20)41-22/h3-7,10-13,16H,2,8-9,14-15,17H2,1H3,(H,33,34)(H,37,38,39). The number of thiocarbonyl (C=S) groups is 1. The molecule has 2 aromatic carbocycles. The average Bonchev–Trinajstić information content (AvgIpc) is 3.60. The molecule has 0 radical (unpaired) electrons. The van der Waals surface area contributed by atoms with E-state index in [0.29, 0.717) is 27.7 Å². The van der Waals surface area contributed by atoms with Crippen LogP contribution in [0.4, 0.5) is 5.69 Å². The molecule has 2 N–H and O–H groups in total. The monoisotopic (exact) mass is 689 g/mol. The number of anilines is 1. The van der Waals surface area contributed by atoms with Crippen molar-refractivity contribution in [3.8, 4) is 0 Å². The molecule has 15 heteroatoms. The first kappa shape index (κ1) is 32.2. The fourth-order valence-electron chi connectivity index (χ4n) is 4.80. The Morgan fingerprint density at radius 3 is 2.39 bits per heavy atom. The van der Waals surface area contributed by atoms with E-state index >= 15 is 0 Å². The number of rotatable bonds is 10. The van der Waals surface area contributed by atoms with Crippen LogP contribution in [0.3, 0.4) is 0 Å². The predicted octanol–water partition coefficient (Wildman–Crippen LogP) is 3.30. The van der Waals surface area contributed by atoms with Crippen LogP contribution >= 0.6 is 47.1 Å². The van der Waals surface area contributed by atoms with Crippen molar-refractivity contribution >= 4 is 89.6 Å². The highest BCUT2D eigenvalue weighted by molar-refractivity contribution is 8.30. The van der Waals surface area contributed by atoms with E-state index in [9.17, 15) is 32.5 Å². The number of hydrogen-bond acceptors (Lipinski definition) is 10. The topological polar surface area (TPSA) is 137 Å². The maximum Gasteiger partial charge on any atom is 0.323 e. The van der Waals surface area contributed by atoms with Crippen LogP contribution in [0.25, 0.3) is 10.5 Å². The number of carbonyl (C=O) groups excluding carboxylic acids is 1. The average molecular weight is 690 g/mol. The van der Waals surface area contributed by atoms with E-state index in [-0.39, 0.29) is 33.5 Å². The molecule has 230 valence electrons. The molecule has 44 heavy (non-hydrogen) atoms. The van der Waals surface area contributed by atoms with Crippen LogP contribution in [0, 0.1) is 0 Å². The van der Waals surface area contributed by atoms with Crippen LogP contribution in [-0.4, -0.2) is 62.6 Å². The highest BCUT2D eigenvalue weighted by Crippen LogP contribution is 2.46. The molecule has 1 aromatic heterocycles.